The number of ether oxygens (including phenoxy) is 2. The third-order valence-electron chi connectivity index (χ3n) is 6.90. The Balaban J connectivity index is 1.40. The molecule has 1 aromatic heterocycles. The Labute approximate surface area is 170 Å². The SMILES string of the molecule is C(#Cc1cccc2[nH]ccc12)C1=Cc2ccccc2C12CCC1(CC2)OCCO1. The standard InChI is InChI=1S/C26H23NO2/c1-2-6-23-20(4-1)18-21(9-8-19-5-3-7-24-22(19)10-15-27-24)25(23)11-13-26(14-12-25)28-16-17-29-26/h1-7,10,15,18,27H,11-14,16-17H2. The molecule has 3 nitrogen and oxygen atoms in total. The van der Waals surface area contributed by atoms with E-state index >= 15 is 0 Å². The molecule has 0 unspecified atom stereocenters. The maximum absolute atomic E-state index is 5.99. The van der Waals surface area contributed by atoms with Gasteiger partial charge in [-0.3, -0.25) is 0 Å². The molecule has 2 spiro atoms. The fourth-order valence-corrected chi connectivity index (χ4v) is 5.36. The maximum atomic E-state index is 5.99. The van der Waals surface area contributed by atoms with E-state index in [4.69, 9.17) is 9.47 Å². The van der Waals surface area contributed by atoms with Crippen LogP contribution in [0.3, 0.4) is 0 Å². The van der Waals surface area contributed by atoms with E-state index in [2.05, 4.69) is 71.4 Å². The summed E-state index contributed by atoms with van der Waals surface area (Å²) in [5.74, 6) is 6.70. The molecule has 0 bridgehead atoms. The van der Waals surface area contributed by atoms with Crippen molar-refractivity contribution in [3.8, 4) is 11.8 Å². The Kier molecular flexibility index (Phi) is 3.74. The number of aromatic amines is 1. The van der Waals surface area contributed by atoms with Crippen molar-refractivity contribution in [3.63, 3.8) is 0 Å². The number of benzene rings is 2. The normalized spacial score (nSPS) is 21.2. The van der Waals surface area contributed by atoms with Gasteiger partial charge in [-0.2, -0.15) is 0 Å². The van der Waals surface area contributed by atoms with E-state index in [0.717, 1.165) is 36.8 Å². The summed E-state index contributed by atoms with van der Waals surface area (Å²) < 4.78 is 12.0. The van der Waals surface area contributed by atoms with Gasteiger partial charge in [0.1, 0.15) is 0 Å². The van der Waals surface area contributed by atoms with E-state index in [1.54, 1.807) is 0 Å². The van der Waals surface area contributed by atoms with Crippen molar-refractivity contribution < 1.29 is 9.47 Å². The van der Waals surface area contributed by atoms with E-state index in [1.165, 1.54) is 22.1 Å². The van der Waals surface area contributed by atoms with Crippen molar-refractivity contribution in [2.45, 2.75) is 36.9 Å². The molecule has 0 amide bonds. The fourth-order valence-electron chi connectivity index (χ4n) is 5.36. The Hall–Kier alpha value is -2.80. The lowest BCUT2D eigenvalue weighted by Crippen LogP contribution is -2.42. The van der Waals surface area contributed by atoms with E-state index in [9.17, 15) is 0 Å². The van der Waals surface area contributed by atoms with Crippen molar-refractivity contribution in [1.82, 2.24) is 4.98 Å². The second-order valence-electron chi connectivity index (χ2n) is 8.33. The molecule has 1 saturated heterocycles. The second-order valence-corrected chi connectivity index (χ2v) is 8.33. The summed E-state index contributed by atoms with van der Waals surface area (Å²) in [6.07, 6.45) is 8.15. The number of aromatic nitrogens is 1. The van der Waals surface area contributed by atoms with E-state index in [-0.39, 0.29) is 11.2 Å². The van der Waals surface area contributed by atoms with Crippen molar-refractivity contribution in [2.24, 2.45) is 0 Å². The molecule has 0 radical (unpaired) electrons. The van der Waals surface area contributed by atoms with Crippen LogP contribution in [0.4, 0.5) is 0 Å². The molecule has 3 heteroatoms. The van der Waals surface area contributed by atoms with Crippen LogP contribution in [0.15, 0.2) is 60.3 Å². The summed E-state index contributed by atoms with van der Waals surface area (Å²) in [5.41, 5.74) is 6.14. The average molecular weight is 381 g/mol. The van der Waals surface area contributed by atoms with E-state index in [0.29, 0.717) is 13.2 Å². The van der Waals surface area contributed by atoms with Gasteiger partial charge in [0.2, 0.25) is 0 Å². The minimum absolute atomic E-state index is 0.0177. The van der Waals surface area contributed by atoms with E-state index < -0.39 is 0 Å². The number of allylic oxidation sites excluding steroid dienone is 1. The third-order valence-corrected chi connectivity index (χ3v) is 6.90. The molecule has 1 saturated carbocycles. The first-order chi connectivity index (χ1) is 14.3. The van der Waals surface area contributed by atoms with E-state index in [1.807, 2.05) is 6.20 Å². The summed E-state index contributed by atoms with van der Waals surface area (Å²) in [5, 5.41) is 1.18. The first-order valence-electron chi connectivity index (χ1n) is 10.5. The zero-order chi connectivity index (χ0) is 19.3. The molecule has 6 rings (SSSR count). The number of hydrogen-bond donors (Lipinski definition) is 1. The highest BCUT2D eigenvalue weighted by molar-refractivity contribution is 5.86. The molecule has 29 heavy (non-hydrogen) atoms. The summed E-state index contributed by atoms with van der Waals surface area (Å²) in [6.45, 7) is 1.43. The second kappa shape index (κ2) is 6.35. The van der Waals surface area contributed by atoms with Gasteiger partial charge in [0.15, 0.2) is 5.79 Å². The number of H-pyrrole nitrogens is 1. The van der Waals surface area contributed by atoms with Gasteiger partial charge in [-0.1, -0.05) is 42.2 Å². The first kappa shape index (κ1) is 17.1. The predicted molar refractivity (Wildman–Crippen MR) is 114 cm³/mol. The summed E-state index contributed by atoms with van der Waals surface area (Å²) in [7, 11) is 0. The predicted octanol–water partition coefficient (Wildman–Crippen LogP) is 5.17. The molecule has 3 aromatic rings. The van der Waals surface area contributed by atoms with Crippen LogP contribution in [0, 0.1) is 11.8 Å². The molecule has 3 aliphatic rings. The molecule has 1 aliphatic heterocycles. The minimum Gasteiger partial charge on any atom is -0.361 e. The lowest BCUT2D eigenvalue weighted by atomic mass is 9.65. The Bertz CT molecular complexity index is 1170. The molecule has 2 fully saturated rings. The number of nitrogens with one attached hydrogen (secondary N) is 1. The molecule has 144 valence electrons. The van der Waals surface area contributed by atoms with Crippen LogP contribution in [0.25, 0.3) is 17.0 Å². The van der Waals surface area contributed by atoms with Gasteiger partial charge >= 0.3 is 0 Å². The van der Waals surface area contributed by atoms with Gasteiger partial charge in [0, 0.05) is 46.5 Å². The highest BCUT2D eigenvalue weighted by Gasteiger charge is 2.50. The van der Waals surface area contributed by atoms with Gasteiger partial charge in [-0.05, 0) is 48.2 Å². The highest BCUT2D eigenvalue weighted by atomic mass is 16.7. The smallest absolute Gasteiger partial charge is 0.168 e. The minimum atomic E-state index is -0.363. The molecule has 0 atom stereocenters. The molecular formula is C26H23NO2. The van der Waals surface area contributed by atoms with Crippen LogP contribution in [0.5, 0.6) is 0 Å². The Morgan fingerprint density at radius 2 is 1.66 bits per heavy atom. The zero-order valence-electron chi connectivity index (χ0n) is 16.3. The largest absolute Gasteiger partial charge is 0.361 e. The zero-order valence-corrected chi connectivity index (χ0v) is 16.3. The highest BCUT2D eigenvalue weighted by Crippen LogP contribution is 2.54. The van der Waals surface area contributed by atoms with Crippen molar-refractivity contribution in [3.05, 3.63) is 77.0 Å². The lowest BCUT2D eigenvalue weighted by Gasteiger charge is -2.43. The summed E-state index contributed by atoms with van der Waals surface area (Å²) >= 11 is 0. The number of rotatable bonds is 0. The summed E-state index contributed by atoms with van der Waals surface area (Å²) in [6, 6.07) is 17.1. The van der Waals surface area contributed by atoms with Crippen LogP contribution in [-0.4, -0.2) is 24.0 Å². The quantitative estimate of drug-likeness (QED) is 0.545. The lowest BCUT2D eigenvalue weighted by molar-refractivity contribution is -0.182. The molecule has 2 heterocycles. The third kappa shape index (κ3) is 2.60. The first-order valence-corrected chi connectivity index (χ1v) is 10.5. The van der Waals surface area contributed by atoms with Crippen molar-refractivity contribution >= 4 is 17.0 Å². The van der Waals surface area contributed by atoms with Gasteiger partial charge < -0.3 is 14.5 Å². The van der Waals surface area contributed by atoms with Crippen LogP contribution < -0.4 is 0 Å². The molecule has 1 N–H and O–H groups in total. The maximum Gasteiger partial charge on any atom is 0.168 e. The van der Waals surface area contributed by atoms with Gasteiger partial charge in [0.05, 0.1) is 13.2 Å². The number of hydrogen-bond acceptors (Lipinski definition) is 2. The van der Waals surface area contributed by atoms with Crippen molar-refractivity contribution in [2.75, 3.05) is 13.2 Å². The number of fused-ring (bicyclic) bond motifs is 3. The fraction of sp³-hybridized carbons (Fsp3) is 0.308. The Morgan fingerprint density at radius 1 is 0.828 bits per heavy atom. The average Bonchev–Trinajstić information content (AvgIpc) is 3.48. The summed E-state index contributed by atoms with van der Waals surface area (Å²) in [4.78, 5) is 3.28. The van der Waals surface area contributed by atoms with Crippen LogP contribution in [-0.2, 0) is 14.9 Å². The van der Waals surface area contributed by atoms with Gasteiger partial charge in [-0.15, -0.1) is 0 Å². The molecular weight excluding hydrogens is 358 g/mol. The van der Waals surface area contributed by atoms with Gasteiger partial charge in [0.25, 0.3) is 0 Å². The monoisotopic (exact) mass is 381 g/mol. The molecule has 2 aromatic carbocycles. The van der Waals surface area contributed by atoms with Gasteiger partial charge in [-0.25, -0.2) is 0 Å². The van der Waals surface area contributed by atoms with Crippen LogP contribution in [0.1, 0.15) is 42.4 Å². The van der Waals surface area contributed by atoms with Crippen LogP contribution >= 0.6 is 0 Å². The Morgan fingerprint density at radius 3 is 2.52 bits per heavy atom. The topological polar surface area (TPSA) is 34.2 Å². The van der Waals surface area contributed by atoms with Crippen LogP contribution in [0.2, 0.25) is 0 Å². The molecule has 2 aliphatic carbocycles. The van der Waals surface area contributed by atoms with Crippen molar-refractivity contribution in [1.29, 1.82) is 0 Å².